The van der Waals surface area contributed by atoms with E-state index in [9.17, 15) is 14.0 Å². The number of aryl methyl sites for hydroxylation is 2. The Morgan fingerprint density at radius 1 is 1.00 bits per heavy atom. The molecule has 0 aliphatic heterocycles. The van der Waals surface area contributed by atoms with E-state index >= 15 is 0 Å². The smallest absolute Gasteiger partial charge is 0.243 e. The molecule has 0 heterocycles. The van der Waals surface area contributed by atoms with Crippen LogP contribution in [0.1, 0.15) is 36.6 Å². The molecule has 2 atom stereocenters. The second-order valence-electron chi connectivity index (χ2n) is 6.69. The lowest BCUT2D eigenvalue weighted by molar-refractivity contribution is -0.125. The highest BCUT2D eigenvalue weighted by Gasteiger charge is 2.17. The molecule has 0 radical (unpaired) electrons. The van der Waals surface area contributed by atoms with Crippen molar-refractivity contribution in [3.05, 3.63) is 65.0 Å². The van der Waals surface area contributed by atoms with E-state index in [-0.39, 0.29) is 30.2 Å². The highest BCUT2D eigenvalue weighted by atomic mass is 19.1. The third kappa shape index (κ3) is 5.89. The molecule has 0 saturated carbocycles. The van der Waals surface area contributed by atoms with Crippen molar-refractivity contribution < 1.29 is 14.0 Å². The van der Waals surface area contributed by atoms with Crippen molar-refractivity contribution in [3.63, 3.8) is 0 Å². The molecule has 144 valence electrons. The summed E-state index contributed by atoms with van der Waals surface area (Å²) in [5.74, 6) is -0.855. The number of nitrogens with one attached hydrogen (secondary N) is 3. The monoisotopic (exact) mass is 371 g/mol. The highest BCUT2D eigenvalue weighted by Crippen LogP contribution is 2.19. The maximum Gasteiger partial charge on any atom is 0.243 e. The van der Waals surface area contributed by atoms with E-state index < -0.39 is 6.04 Å². The Hall–Kier alpha value is -2.73. The first kappa shape index (κ1) is 20.6. The van der Waals surface area contributed by atoms with Crippen LogP contribution < -0.4 is 16.0 Å². The molecule has 0 saturated heterocycles. The first-order chi connectivity index (χ1) is 12.8. The van der Waals surface area contributed by atoms with Crippen LogP contribution in [0.15, 0.2) is 42.5 Å². The molecule has 0 fully saturated rings. The van der Waals surface area contributed by atoms with Gasteiger partial charge in [-0.15, -0.1) is 0 Å². The Bertz CT molecular complexity index is 785. The fourth-order valence-electron chi connectivity index (χ4n) is 2.81. The van der Waals surface area contributed by atoms with Gasteiger partial charge in [0.15, 0.2) is 0 Å². The number of carbonyl (C=O) groups is 2. The Morgan fingerprint density at radius 2 is 1.59 bits per heavy atom. The summed E-state index contributed by atoms with van der Waals surface area (Å²) in [6.45, 7) is 7.35. The Balaban J connectivity index is 1.83. The first-order valence-corrected chi connectivity index (χ1v) is 8.93. The standard InChI is InChI=1S/C21H26FN3O2/c1-13-6-5-7-14(2)20(13)25-19(26)12-23-21(27)16(4)24-15(3)17-8-10-18(22)11-9-17/h5-11,15-16,24H,12H2,1-4H3,(H,23,27)(H,25,26)/t15-,16+/m1/s1. The predicted octanol–water partition coefficient (Wildman–Crippen LogP) is 3.24. The molecule has 2 rings (SSSR count). The van der Waals surface area contributed by atoms with Crippen molar-refractivity contribution in [1.29, 1.82) is 0 Å². The number of hydrogen-bond acceptors (Lipinski definition) is 3. The Labute approximate surface area is 159 Å². The molecule has 27 heavy (non-hydrogen) atoms. The van der Waals surface area contributed by atoms with Crippen molar-refractivity contribution in [2.45, 2.75) is 39.8 Å². The summed E-state index contributed by atoms with van der Waals surface area (Å²) in [6.07, 6.45) is 0. The van der Waals surface area contributed by atoms with Crippen LogP contribution in [0.5, 0.6) is 0 Å². The average Bonchev–Trinajstić information content (AvgIpc) is 2.63. The molecule has 0 aliphatic carbocycles. The lowest BCUT2D eigenvalue weighted by atomic mass is 10.1. The van der Waals surface area contributed by atoms with E-state index in [0.717, 1.165) is 22.4 Å². The fraction of sp³-hybridized carbons (Fsp3) is 0.333. The minimum Gasteiger partial charge on any atom is -0.346 e. The number of para-hydroxylation sites is 1. The van der Waals surface area contributed by atoms with E-state index in [2.05, 4.69) is 16.0 Å². The van der Waals surface area contributed by atoms with E-state index in [1.54, 1.807) is 19.1 Å². The van der Waals surface area contributed by atoms with Crippen LogP contribution in [-0.4, -0.2) is 24.4 Å². The summed E-state index contributed by atoms with van der Waals surface area (Å²) in [5.41, 5.74) is 3.59. The SMILES string of the molecule is Cc1cccc(C)c1NC(=O)CNC(=O)[C@H](C)N[C@H](C)c1ccc(F)cc1. The van der Waals surface area contributed by atoms with Gasteiger partial charge in [0.1, 0.15) is 5.82 Å². The van der Waals surface area contributed by atoms with Gasteiger partial charge in [-0.3, -0.25) is 14.9 Å². The molecule has 3 N–H and O–H groups in total. The second-order valence-corrected chi connectivity index (χ2v) is 6.69. The third-order valence-electron chi connectivity index (χ3n) is 4.43. The van der Waals surface area contributed by atoms with Crippen LogP contribution >= 0.6 is 0 Å². The quantitative estimate of drug-likeness (QED) is 0.700. The van der Waals surface area contributed by atoms with Crippen molar-refractivity contribution in [1.82, 2.24) is 10.6 Å². The molecule has 2 amide bonds. The molecule has 5 nitrogen and oxygen atoms in total. The lowest BCUT2D eigenvalue weighted by Crippen LogP contribution is -2.45. The highest BCUT2D eigenvalue weighted by molar-refractivity contribution is 5.96. The van der Waals surface area contributed by atoms with Crippen LogP contribution in [0.3, 0.4) is 0 Å². The van der Waals surface area contributed by atoms with E-state index in [1.165, 1.54) is 12.1 Å². The summed E-state index contributed by atoms with van der Waals surface area (Å²) in [5, 5.41) is 8.61. The van der Waals surface area contributed by atoms with Gasteiger partial charge in [-0.25, -0.2) is 4.39 Å². The zero-order valence-corrected chi connectivity index (χ0v) is 16.1. The Morgan fingerprint density at radius 3 is 2.19 bits per heavy atom. The fourth-order valence-corrected chi connectivity index (χ4v) is 2.81. The number of hydrogen-bond donors (Lipinski definition) is 3. The molecule has 0 spiro atoms. The van der Waals surface area contributed by atoms with Crippen molar-refractivity contribution in [2.75, 3.05) is 11.9 Å². The summed E-state index contributed by atoms with van der Waals surface area (Å²) in [7, 11) is 0. The van der Waals surface area contributed by atoms with Gasteiger partial charge in [-0.1, -0.05) is 30.3 Å². The van der Waals surface area contributed by atoms with Gasteiger partial charge in [-0.05, 0) is 56.5 Å². The first-order valence-electron chi connectivity index (χ1n) is 8.93. The zero-order valence-electron chi connectivity index (χ0n) is 16.1. The van der Waals surface area contributed by atoms with Crippen LogP contribution in [-0.2, 0) is 9.59 Å². The minimum absolute atomic E-state index is 0.108. The second kappa shape index (κ2) is 9.28. The average molecular weight is 371 g/mol. The maximum atomic E-state index is 13.0. The van der Waals surface area contributed by atoms with Crippen LogP contribution in [0.4, 0.5) is 10.1 Å². The van der Waals surface area contributed by atoms with Gasteiger partial charge in [-0.2, -0.15) is 0 Å². The number of amides is 2. The van der Waals surface area contributed by atoms with Crippen LogP contribution in [0.25, 0.3) is 0 Å². The van der Waals surface area contributed by atoms with E-state index in [4.69, 9.17) is 0 Å². The Kier molecular flexibility index (Phi) is 7.07. The summed E-state index contributed by atoms with van der Waals surface area (Å²) in [6, 6.07) is 11.3. The molecular weight excluding hydrogens is 345 g/mol. The summed E-state index contributed by atoms with van der Waals surface area (Å²) < 4.78 is 13.0. The van der Waals surface area contributed by atoms with Gasteiger partial charge in [0, 0.05) is 11.7 Å². The molecule has 2 aromatic carbocycles. The normalized spacial score (nSPS) is 12.9. The molecule has 0 bridgehead atoms. The lowest BCUT2D eigenvalue weighted by Gasteiger charge is -2.20. The van der Waals surface area contributed by atoms with Crippen LogP contribution in [0, 0.1) is 19.7 Å². The molecular formula is C21H26FN3O2. The largest absolute Gasteiger partial charge is 0.346 e. The number of anilines is 1. The summed E-state index contributed by atoms with van der Waals surface area (Å²) in [4.78, 5) is 24.4. The number of carbonyl (C=O) groups excluding carboxylic acids is 2. The van der Waals surface area contributed by atoms with Crippen molar-refractivity contribution in [2.24, 2.45) is 0 Å². The molecule has 6 heteroatoms. The molecule has 0 unspecified atom stereocenters. The third-order valence-corrected chi connectivity index (χ3v) is 4.43. The van der Waals surface area contributed by atoms with Gasteiger partial charge in [0.25, 0.3) is 0 Å². The van der Waals surface area contributed by atoms with Crippen LogP contribution in [0.2, 0.25) is 0 Å². The number of benzene rings is 2. The van der Waals surface area contributed by atoms with Gasteiger partial charge >= 0.3 is 0 Å². The summed E-state index contributed by atoms with van der Waals surface area (Å²) >= 11 is 0. The van der Waals surface area contributed by atoms with Crippen molar-refractivity contribution >= 4 is 17.5 Å². The minimum atomic E-state index is -0.502. The van der Waals surface area contributed by atoms with E-state index in [1.807, 2.05) is 39.0 Å². The number of halogens is 1. The topological polar surface area (TPSA) is 70.2 Å². The molecule has 2 aromatic rings. The molecule has 0 aliphatic rings. The van der Waals surface area contributed by atoms with Gasteiger partial charge < -0.3 is 10.6 Å². The van der Waals surface area contributed by atoms with Crippen molar-refractivity contribution in [3.8, 4) is 0 Å². The van der Waals surface area contributed by atoms with Gasteiger partial charge in [0.2, 0.25) is 11.8 Å². The number of rotatable bonds is 7. The maximum absolute atomic E-state index is 13.0. The van der Waals surface area contributed by atoms with Gasteiger partial charge in [0.05, 0.1) is 12.6 Å². The zero-order chi connectivity index (χ0) is 20.0. The predicted molar refractivity (Wildman–Crippen MR) is 105 cm³/mol. The molecule has 0 aromatic heterocycles. The van der Waals surface area contributed by atoms with E-state index in [0.29, 0.717) is 0 Å².